The Labute approximate surface area is 185 Å². The van der Waals surface area contributed by atoms with Crippen molar-refractivity contribution in [2.45, 2.75) is 45.9 Å². The van der Waals surface area contributed by atoms with Gasteiger partial charge in [-0.2, -0.15) is 0 Å². The lowest BCUT2D eigenvalue weighted by Gasteiger charge is -2.24. The fourth-order valence-electron chi connectivity index (χ4n) is 3.46. The second-order valence-electron chi connectivity index (χ2n) is 8.02. The molecule has 5 nitrogen and oxygen atoms in total. The van der Waals surface area contributed by atoms with Gasteiger partial charge in [-0.05, 0) is 60.4 Å². The largest absolute Gasteiger partial charge is 0.494 e. The van der Waals surface area contributed by atoms with Crippen LogP contribution in [0.3, 0.4) is 0 Å². The number of aliphatic hydroxyl groups is 1. The third-order valence-corrected chi connectivity index (χ3v) is 5.03. The van der Waals surface area contributed by atoms with Gasteiger partial charge >= 0.3 is 0 Å². The molecule has 1 atom stereocenters. The summed E-state index contributed by atoms with van der Waals surface area (Å²) in [5.41, 5.74) is 2.39. The van der Waals surface area contributed by atoms with Gasteiger partial charge in [0.15, 0.2) is 0 Å². The summed E-state index contributed by atoms with van der Waals surface area (Å²) >= 11 is 0. The molecule has 2 aromatic carbocycles. The molecule has 0 aliphatic carbocycles. The average Bonchev–Trinajstić information content (AvgIpc) is 3.26. The molecule has 0 fully saturated rings. The molecule has 31 heavy (non-hydrogen) atoms. The number of nitrogens with zero attached hydrogens (tertiary/aromatic N) is 1. The number of rotatable bonds is 12. The highest BCUT2D eigenvalue weighted by Crippen LogP contribution is 2.20. The van der Waals surface area contributed by atoms with E-state index in [0.717, 1.165) is 22.8 Å². The maximum absolute atomic E-state index is 10.6. The Balaban J connectivity index is 1.60. The van der Waals surface area contributed by atoms with Crippen molar-refractivity contribution in [2.75, 3.05) is 19.8 Å². The summed E-state index contributed by atoms with van der Waals surface area (Å²) in [5.74, 6) is 2.96. The lowest BCUT2D eigenvalue weighted by atomic mass is 10.0. The van der Waals surface area contributed by atoms with E-state index < -0.39 is 6.10 Å². The van der Waals surface area contributed by atoms with Crippen molar-refractivity contribution in [1.29, 1.82) is 0 Å². The molecule has 1 heterocycles. The minimum Gasteiger partial charge on any atom is -0.494 e. The highest BCUT2D eigenvalue weighted by atomic mass is 16.5. The fourth-order valence-corrected chi connectivity index (χ4v) is 3.46. The van der Waals surface area contributed by atoms with Gasteiger partial charge in [-0.25, -0.2) is 0 Å². The Bertz CT molecular complexity index is 890. The second kappa shape index (κ2) is 11.6. The first-order valence-electron chi connectivity index (χ1n) is 10.9. The molecule has 166 valence electrons. The summed E-state index contributed by atoms with van der Waals surface area (Å²) in [6, 6.07) is 19.9. The van der Waals surface area contributed by atoms with Crippen LogP contribution in [0.25, 0.3) is 0 Å². The van der Waals surface area contributed by atoms with Gasteiger partial charge < -0.3 is 19.0 Å². The highest BCUT2D eigenvalue weighted by molar-refractivity contribution is 5.29. The van der Waals surface area contributed by atoms with E-state index in [2.05, 4.69) is 36.9 Å². The maximum atomic E-state index is 10.6. The monoisotopic (exact) mass is 423 g/mol. The maximum Gasteiger partial charge on any atom is 0.119 e. The molecular formula is C26H33NO4. The molecule has 0 aliphatic rings. The Morgan fingerprint density at radius 2 is 1.74 bits per heavy atom. The number of aliphatic hydroxyl groups excluding tert-OH is 1. The first kappa shape index (κ1) is 22.9. The highest BCUT2D eigenvalue weighted by Gasteiger charge is 2.15. The van der Waals surface area contributed by atoms with Crippen molar-refractivity contribution >= 4 is 0 Å². The minimum absolute atomic E-state index is 0.231. The number of hydrogen-bond acceptors (Lipinski definition) is 5. The molecule has 0 amide bonds. The lowest BCUT2D eigenvalue weighted by Crippen LogP contribution is -2.35. The smallest absolute Gasteiger partial charge is 0.119 e. The van der Waals surface area contributed by atoms with E-state index in [1.807, 2.05) is 49.4 Å². The molecule has 0 radical (unpaired) electrons. The van der Waals surface area contributed by atoms with Crippen molar-refractivity contribution in [3.63, 3.8) is 0 Å². The Hall–Kier alpha value is -2.76. The topological polar surface area (TPSA) is 55.1 Å². The summed E-state index contributed by atoms with van der Waals surface area (Å²) < 4.78 is 17.0. The van der Waals surface area contributed by atoms with Gasteiger partial charge in [-0.1, -0.05) is 38.1 Å². The third-order valence-electron chi connectivity index (χ3n) is 5.03. The van der Waals surface area contributed by atoms with Gasteiger partial charge in [0.05, 0.1) is 19.4 Å². The standard InChI is InChI=1S/C26H33NO4/c1-4-29-25-8-5-7-21(15-25)16-27(18-26-9-6-14-30-26)17-23(28)19-31-24-12-10-22(11-13-24)20(2)3/h5-15,20,23,28H,4,16-19H2,1-3H3. The van der Waals surface area contributed by atoms with E-state index >= 15 is 0 Å². The fraction of sp³-hybridized carbons (Fsp3) is 0.385. The van der Waals surface area contributed by atoms with Crippen LogP contribution in [-0.2, 0) is 13.1 Å². The molecule has 1 unspecified atom stereocenters. The van der Waals surface area contributed by atoms with E-state index in [-0.39, 0.29) is 6.61 Å². The summed E-state index contributed by atoms with van der Waals surface area (Å²) in [5, 5.41) is 10.6. The van der Waals surface area contributed by atoms with E-state index in [1.54, 1.807) is 6.26 Å². The Morgan fingerprint density at radius 1 is 0.935 bits per heavy atom. The lowest BCUT2D eigenvalue weighted by molar-refractivity contribution is 0.0604. The van der Waals surface area contributed by atoms with Crippen molar-refractivity contribution in [3.05, 3.63) is 83.8 Å². The molecule has 0 bridgehead atoms. The summed E-state index contributed by atoms with van der Waals surface area (Å²) in [4.78, 5) is 2.15. The van der Waals surface area contributed by atoms with E-state index in [0.29, 0.717) is 32.2 Å². The summed E-state index contributed by atoms with van der Waals surface area (Å²) in [6.45, 7) is 8.90. The van der Waals surface area contributed by atoms with Gasteiger partial charge in [0.2, 0.25) is 0 Å². The molecular weight excluding hydrogens is 390 g/mol. The number of benzene rings is 2. The first-order chi connectivity index (χ1) is 15.0. The van der Waals surface area contributed by atoms with Gasteiger partial charge in [0, 0.05) is 13.1 Å². The third kappa shape index (κ3) is 7.46. The van der Waals surface area contributed by atoms with Crippen LogP contribution in [0, 0.1) is 0 Å². The molecule has 0 spiro atoms. The number of hydrogen-bond donors (Lipinski definition) is 1. The zero-order valence-corrected chi connectivity index (χ0v) is 18.7. The predicted octanol–water partition coefficient (Wildman–Crippen LogP) is 5.24. The van der Waals surface area contributed by atoms with Crippen molar-refractivity contribution in [3.8, 4) is 11.5 Å². The zero-order chi connectivity index (χ0) is 22.1. The van der Waals surface area contributed by atoms with Crippen LogP contribution in [0.5, 0.6) is 11.5 Å². The molecule has 1 N–H and O–H groups in total. The molecule has 0 aliphatic heterocycles. The molecule has 0 saturated heterocycles. The van der Waals surface area contributed by atoms with Gasteiger partial charge in [0.25, 0.3) is 0 Å². The van der Waals surface area contributed by atoms with Crippen LogP contribution < -0.4 is 9.47 Å². The molecule has 0 saturated carbocycles. The Morgan fingerprint density at radius 3 is 2.42 bits per heavy atom. The Kier molecular flexibility index (Phi) is 8.56. The van der Waals surface area contributed by atoms with E-state index in [4.69, 9.17) is 13.9 Å². The number of furan rings is 1. The van der Waals surface area contributed by atoms with Crippen molar-refractivity contribution in [1.82, 2.24) is 4.90 Å². The molecule has 1 aromatic heterocycles. The van der Waals surface area contributed by atoms with Crippen LogP contribution in [0.1, 0.15) is 43.6 Å². The summed E-state index contributed by atoms with van der Waals surface area (Å²) in [7, 11) is 0. The van der Waals surface area contributed by atoms with E-state index in [1.165, 1.54) is 5.56 Å². The van der Waals surface area contributed by atoms with Crippen LogP contribution in [0.2, 0.25) is 0 Å². The minimum atomic E-state index is -0.630. The summed E-state index contributed by atoms with van der Waals surface area (Å²) in [6.07, 6.45) is 1.04. The van der Waals surface area contributed by atoms with Gasteiger partial charge in [0.1, 0.15) is 30.0 Å². The van der Waals surface area contributed by atoms with Gasteiger partial charge in [-0.3, -0.25) is 4.90 Å². The van der Waals surface area contributed by atoms with Crippen LogP contribution in [0.4, 0.5) is 0 Å². The molecule has 3 rings (SSSR count). The van der Waals surface area contributed by atoms with Crippen molar-refractivity contribution in [2.24, 2.45) is 0 Å². The SMILES string of the molecule is CCOc1cccc(CN(Cc2ccco2)CC(O)COc2ccc(C(C)C)cc2)c1. The molecule has 3 aromatic rings. The quantitative estimate of drug-likeness (QED) is 0.432. The molecule has 5 heteroatoms. The normalized spacial score (nSPS) is 12.3. The van der Waals surface area contributed by atoms with E-state index in [9.17, 15) is 5.11 Å². The first-order valence-corrected chi connectivity index (χ1v) is 10.9. The predicted molar refractivity (Wildman–Crippen MR) is 122 cm³/mol. The second-order valence-corrected chi connectivity index (χ2v) is 8.02. The zero-order valence-electron chi connectivity index (χ0n) is 18.7. The van der Waals surface area contributed by atoms with Crippen LogP contribution in [-0.4, -0.2) is 35.9 Å². The average molecular weight is 424 g/mol. The number of ether oxygens (including phenoxy) is 2. The van der Waals surface area contributed by atoms with Crippen molar-refractivity contribution < 1.29 is 19.0 Å². The van der Waals surface area contributed by atoms with Gasteiger partial charge in [-0.15, -0.1) is 0 Å². The van der Waals surface area contributed by atoms with Crippen LogP contribution in [0.15, 0.2) is 71.3 Å². The van der Waals surface area contributed by atoms with Crippen LogP contribution >= 0.6 is 0 Å².